The summed E-state index contributed by atoms with van der Waals surface area (Å²) in [5, 5.41) is 9.83. The van der Waals surface area contributed by atoms with Gasteiger partial charge in [-0.25, -0.2) is 0 Å². The number of carbonyl (C=O) groups excluding carboxylic acids is 1. The van der Waals surface area contributed by atoms with Crippen molar-refractivity contribution in [1.29, 1.82) is 0 Å². The van der Waals surface area contributed by atoms with Gasteiger partial charge in [-0.1, -0.05) is 29.5 Å². The van der Waals surface area contributed by atoms with Gasteiger partial charge in [0.1, 0.15) is 5.75 Å². The van der Waals surface area contributed by atoms with Crippen molar-refractivity contribution in [3.05, 3.63) is 54.4 Å². The normalized spacial score (nSPS) is 10.8. The minimum absolute atomic E-state index is 0.00938. The van der Waals surface area contributed by atoms with E-state index in [4.69, 9.17) is 4.74 Å². The molecule has 0 N–H and O–H groups in total. The van der Waals surface area contributed by atoms with Gasteiger partial charge < -0.3 is 4.74 Å². The van der Waals surface area contributed by atoms with Gasteiger partial charge in [0, 0.05) is 30.4 Å². The van der Waals surface area contributed by atoms with Gasteiger partial charge in [0.25, 0.3) is 0 Å². The molecule has 7 heteroatoms. The molecule has 0 saturated carbocycles. The predicted molar refractivity (Wildman–Crippen MR) is 107 cm³/mol. The predicted octanol–water partition coefficient (Wildman–Crippen LogP) is 3.98. The number of amides is 1. The van der Waals surface area contributed by atoms with E-state index in [0.717, 1.165) is 21.9 Å². The Balaban J connectivity index is 1.75. The molecule has 1 amide bonds. The van der Waals surface area contributed by atoms with Crippen molar-refractivity contribution in [2.75, 3.05) is 12.0 Å². The third-order valence-electron chi connectivity index (χ3n) is 4.11. The summed E-state index contributed by atoms with van der Waals surface area (Å²) in [5.74, 6) is 0.820. The molecular weight excluding hydrogens is 360 g/mol. The maximum absolute atomic E-state index is 12.9. The number of hydrogen-bond acceptors (Lipinski definition) is 6. The van der Waals surface area contributed by atoms with E-state index >= 15 is 0 Å². The molecule has 0 spiro atoms. The Morgan fingerprint density at radius 1 is 1.19 bits per heavy atom. The molecule has 0 saturated heterocycles. The number of aryl methyl sites for hydroxylation is 1. The minimum atomic E-state index is -0.00938. The average Bonchev–Trinajstić information content (AvgIpc) is 3.16. The summed E-state index contributed by atoms with van der Waals surface area (Å²) < 4.78 is 5.37. The Morgan fingerprint density at radius 3 is 2.70 bits per heavy atom. The standard InChI is InChI=1S/C20H22N4O2S/c1-14(2)24(18(25)11-10-15-7-4-5-9-17(15)26-3)20-23-22-19(27-20)16-8-6-12-21-13-16/h4-9,12-14H,10-11H2,1-3H3. The molecule has 0 unspecified atom stereocenters. The number of benzene rings is 1. The molecule has 27 heavy (non-hydrogen) atoms. The summed E-state index contributed by atoms with van der Waals surface area (Å²) in [6.07, 6.45) is 4.45. The lowest BCUT2D eigenvalue weighted by molar-refractivity contribution is -0.118. The molecule has 1 aromatic carbocycles. The van der Waals surface area contributed by atoms with Crippen molar-refractivity contribution in [2.45, 2.75) is 32.7 Å². The molecule has 0 aliphatic carbocycles. The maximum Gasteiger partial charge on any atom is 0.229 e. The van der Waals surface area contributed by atoms with Crippen molar-refractivity contribution in [3.63, 3.8) is 0 Å². The zero-order valence-electron chi connectivity index (χ0n) is 15.6. The number of pyridine rings is 1. The van der Waals surface area contributed by atoms with Crippen molar-refractivity contribution in [2.24, 2.45) is 0 Å². The number of ether oxygens (including phenoxy) is 1. The molecule has 0 atom stereocenters. The van der Waals surface area contributed by atoms with Gasteiger partial charge in [0.05, 0.1) is 7.11 Å². The van der Waals surface area contributed by atoms with Crippen molar-refractivity contribution < 1.29 is 9.53 Å². The highest BCUT2D eigenvalue weighted by Gasteiger charge is 2.23. The van der Waals surface area contributed by atoms with Crippen LogP contribution in [0.4, 0.5) is 5.13 Å². The number of methoxy groups -OCH3 is 1. The number of carbonyl (C=O) groups is 1. The minimum Gasteiger partial charge on any atom is -0.496 e. The third-order valence-corrected chi connectivity index (χ3v) is 5.09. The van der Waals surface area contributed by atoms with Gasteiger partial charge >= 0.3 is 0 Å². The summed E-state index contributed by atoms with van der Waals surface area (Å²) in [7, 11) is 1.64. The van der Waals surface area contributed by atoms with Crippen molar-refractivity contribution >= 4 is 22.4 Å². The second-order valence-corrected chi connectivity index (χ2v) is 7.26. The van der Waals surface area contributed by atoms with Crippen LogP contribution in [0.1, 0.15) is 25.8 Å². The Bertz CT molecular complexity index is 896. The first-order valence-corrected chi connectivity index (χ1v) is 9.59. The van der Waals surface area contributed by atoms with Crippen LogP contribution in [-0.4, -0.2) is 34.2 Å². The molecule has 2 aromatic heterocycles. The first-order chi connectivity index (χ1) is 13.1. The molecule has 0 aliphatic heterocycles. The smallest absolute Gasteiger partial charge is 0.229 e. The van der Waals surface area contributed by atoms with Crippen LogP contribution in [0.5, 0.6) is 5.75 Å². The van der Waals surface area contributed by atoms with E-state index in [1.165, 1.54) is 11.3 Å². The van der Waals surface area contributed by atoms with Crippen LogP contribution in [0.25, 0.3) is 10.6 Å². The molecule has 140 valence electrons. The second kappa shape index (κ2) is 8.73. The van der Waals surface area contributed by atoms with E-state index in [9.17, 15) is 4.79 Å². The molecule has 0 fully saturated rings. The van der Waals surface area contributed by atoms with Crippen LogP contribution in [0.2, 0.25) is 0 Å². The highest BCUT2D eigenvalue weighted by Crippen LogP contribution is 2.30. The molecule has 2 heterocycles. The van der Waals surface area contributed by atoms with Gasteiger partial charge in [-0.3, -0.25) is 14.7 Å². The molecule has 0 aliphatic rings. The van der Waals surface area contributed by atoms with E-state index in [-0.39, 0.29) is 11.9 Å². The number of nitrogens with zero attached hydrogens (tertiary/aromatic N) is 4. The monoisotopic (exact) mass is 382 g/mol. The Kier molecular flexibility index (Phi) is 6.13. The number of aromatic nitrogens is 3. The van der Waals surface area contributed by atoms with Gasteiger partial charge in [-0.15, -0.1) is 10.2 Å². The topological polar surface area (TPSA) is 68.2 Å². The van der Waals surface area contributed by atoms with Gasteiger partial charge in [0.15, 0.2) is 5.01 Å². The molecule has 6 nitrogen and oxygen atoms in total. The fourth-order valence-electron chi connectivity index (χ4n) is 2.81. The molecular formula is C20H22N4O2S. The number of anilines is 1. The lowest BCUT2D eigenvalue weighted by Gasteiger charge is -2.23. The van der Waals surface area contributed by atoms with Crippen molar-refractivity contribution in [3.8, 4) is 16.3 Å². The van der Waals surface area contributed by atoms with E-state index < -0.39 is 0 Å². The zero-order chi connectivity index (χ0) is 19.2. The maximum atomic E-state index is 12.9. The first-order valence-electron chi connectivity index (χ1n) is 8.78. The lowest BCUT2D eigenvalue weighted by atomic mass is 10.1. The molecule has 0 radical (unpaired) electrons. The summed E-state index contributed by atoms with van der Waals surface area (Å²) in [4.78, 5) is 18.7. The molecule has 3 aromatic rings. The average molecular weight is 382 g/mol. The molecule has 3 rings (SSSR count). The summed E-state index contributed by atoms with van der Waals surface area (Å²) >= 11 is 1.40. The quantitative estimate of drug-likeness (QED) is 0.618. The van der Waals surface area contributed by atoms with E-state index in [0.29, 0.717) is 18.0 Å². The summed E-state index contributed by atoms with van der Waals surface area (Å²) in [6.45, 7) is 3.96. The van der Waals surface area contributed by atoms with Crippen LogP contribution in [-0.2, 0) is 11.2 Å². The van der Waals surface area contributed by atoms with E-state index in [1.54, 1.807) is 24.4 Å². The zero-order valence-corrected chi connectivity index (χ0v) is 16.4. The number of para-hydroxylation sites is 1. The van der Waals surface area contributed by atoms with Crippen LogP contribution in [0.3, 0.4) is 0 Å². The summed E-state index contributed by atoms with van der Waals surface area (Å²) in [6, 6.07) is 11.5. The van der Waals surface area contributed by atoms with Crippen molar-refractivity contribution in [1.82, 2.24) is 15.2 Å². The lowest BCUT2D eigenvalue weighted by Crippen LogP contribution is -2.37. The van der Waals surface area contributed by atoms with Gasteiger partial charge in [-0.05, 0) is 44.0 Å². The van der Waals surface area contributed by atoms with Crippen LogP contribution < -0.4 is 9.64 Å². The van der Waals surface area contributed by atoms with Crippen LogP contribution in [0, 0.1) is 0 Å². The third kappa shape index (κ3) is 4.49. The Hall–Kier alpha value is -2.80. The first kappa shape index (κ1) is 19.0. The van der Waals surface area contributed by atoms with Gasteiger partial charge in [0.2, 0.25) is 11.0 Å². The largest absolute Gasteiger partial charge is 0.496 e. The molecule has 0 bridgehead atoms. The SMILES string of the molecule is COc1ccccc1CCC(=O)N(c1nnc(-c2cccnc2)s1)C(C)C. The highest BCUT2D eigenvalue weighted by molar-refractivity contribution is 7.18. The highest BCUT2D eigenvalue weighted by atomic mass is 32.1. The summed E-state index contributed by atoms with van der Waals surface area (Å²) in [5.41, 5.74) is 1.91. The fourth-order valence-corrected chi connectivity index (χ4v) is 3.79. The Labute approximate surface area is 162 Å². The van der Waals surface area contributed by atoms with Gasteiger partial charge in [-0.2, -0.15) is 0 Å². The van der Waals surface area contributed by atoms with E-state index in [2.05, 4.69) is 15.2 Å². The van der Waals surface area contributed by atoms with E-state index in [1.807, 2.05) is 50.2 Å². The number of hydrogen-bond donors (Lipinski definition) is 0. The Morgan fingerprint density at radius 2 is 2.00 bits per heavy atom. The van der Waals surface area contributed by atoms with Crippen LogP contribution in [0.15, 0.2) is 48.8 Å². The fraction of sp³-hybridized carbons (Fsp3) is 0.300. The number of rotatable bonds is 7. The van der Waals surface area contributed by atoms with Crippen LogP contribution >= 0.6 is 11.3 Å². The second-order valence-electron chi connectivity index (χ2n) is 6.30.